The molecule has 3 aliphatic heterocycles. The molecule has 2 aliphatic carbocycles. The number of benzene rings is 1. The fourth-order valence-corrected chi connectivity index (χ4v) is 9.48. The van der Waals surface area contributed by atoms with Crippen molar-refractivity contribution < 1.29 is 46.9 Å². The van der Waals surface area contributed by atoms with E-state index in [9.17, 15) is 32.7 Å². The molecule has 3 fully saturated rings. The molecule has 1 saturated heterocycles. The summed E-state index contributed by atoms with van der Waals surface area (Å²) in [6.07, 6.45) is 2.69. The molecule has 0 radical (unpaired) electrons. The van der Waals surface area contributed by atoms with E-state index >= 15 is 0 Å². The fourth-order valence-electron chi connectivity index (χ4n) is 7.99. The highest BCUT2D eigenvalue weighted by Gasteiger charge is 2.65. The van der Waals surface area contributed by atoms with Gasteiger partial charge in [-0.05, 0) is 66.0 Å². The van der Waals surface area contributed by atoms with Gasteiger partial charge in [0.25, 0.3) is 0 Å². The summed E-state index contributed by atoms with van der Waals surface area (Å²) in [5, 5.41) is 17.1. The molecule has 4 amide bonds. The van der Waals surface area contributed by atoms with Gasteiger partial charge in [-0.3, -0.25) is 14.6 Å². The molecule has 1 aromatic rings. The summed E-state index contributed by atoms with van der Waals surface area (Å²) < 4.78 is 38.0. The zero-order valence-electron chi connectivity index (χ0n) is 31.6. The number of primary sulfonamides is 1. The van der Waals surface area contributed by atoms with E-state index in [1.807, 2.05) is 46.8 Å². The van der Waals surface area contributed by atoms with Crippen LogP contribution >= 0.6 is 0 Å². The van der Waals surface area contributed by atoms with Crippen LogP contribution in [-0.2, 0) is 48.6 Å². The number of fused-ring (bicyclic) bond motifs is 3. The normalized spacial score (nSPS) is 32.2. The standard InChI is InChI=1S/C38H55N5O9S/c1-7-25-18-38(25,33(46)41-53(49,50)27-14-15-27)40-31(44)29-17-26-20-43(29)32(45)30(36(2,3)4)39-34(47)51-22-37(5,6)16-9-8-11-23-12-10-13-24-19-42(21-28(23)24)35(48)52-26/h7,10,12-13,25-27,29-30,32,45H,1,8-9,11,14-22H2,2-6H3,(H,39,47)(H,40,44)(H,41,46)/p+1. The second-order valence-corrected chi connectivity index (χ2v) is 19.6. The molecule has 14 nitrogen and oxygen atoms in total. The van der Waals surface area contributed by atoms with Crippen molar-refractivity contribution in [2.24, 2.45) is 16.7 Å². The molecule has 7 atom stereocenters. The number of carbonyl (C=O) groups excluding carboxylic acids is 4. The number of aliphatic hydroxyl groups is 1. The molecule has 6 rings (SSSR count). The molecule has 0 spiro atoms. The maximum Gasteiger partial charge on any atom is 0.410 e. The number of sulfonamides is 1. The van der Waals surface area contributed by atoms with E-state index in [4.69, 9.17) is 9.47 Å². The topological polar surface area (TPSA) is 188 Å². The minimum Gasteiger partial charge on any atom is -0.449 e. The number of carbonyl (C=O) groups is 4. The smallest absolute Gasteiger partial charge is 0.410 e. The summed E-state index contributed by atoms with van der Waals surface area (Å²) in [5.74, 6) is -1.84. The summed E-state index contributed by atoms with van der Waals surface area (Å²) in [4.78, 5) is 57.9. The first kappa shape index (κ1) is 39.2. The number of hydrogen-bond acceptors (Lipinski definition) is 10. The highest BCUT2D eigenvalue weighted by molar-refractivity contribution is 7.86. The number of ether oxygens (including phenoxy) is 2. The number of rotatable bonds is 6. The van der Waals surface area contributed by atoms with Crippen molar-refractivity contribution in [2.45, 2.75) is 134 Å². The number of nitrogens with two attached hydrogens (primary N) is 1. The Labute approximate surface area is 312 Å². The lowest BCUT2D eigenvalue weighted by atomic mass is 9.85. The average Bonchev–Trinajstić information content (AvgIpc) is 3.97. The van der Waals surface area contributed by atoms with Crippen LogP contribution in [-0.4, -0.2) is 95.7 Å². The molecule has 4 bridgehead atoms. The van der Waals surface area contributed by atoms with E-state index in [0.717, 1.165) is 41.5 Å². The Balaban J connectivity index is 1.28. The summed E-state index contributed by atoms with van der Waals surface area (Å²) in [7, 11) is -3.77. The first-order valence-corrected chi connectivity index (χ1v) is 20.4. The van der Waals surface area contributed by atoms with Crippen LogP contribution in [0.5, 0.6) is 0 Å². The predicted octanol–water partition coefficient (Wildman–Crippen LogP) is 2.44. The first-order chi connectivity index (χ1) is 24.8. The Morgan fingerprint density at radius 3 is 2.51 bits per heavy atom. The van der Waals surface area contributed by atoms with Crippen molar-refractivity contribution in [3.63, 3.8) is 0 Å². The van der Waals surface area contributed by atoms with Crippen LogP contribution < -0.4 is 15.4 Å². The van der Waals surface area contributed by atoms with Crippen molar-refractivity contribution in [1.29, 1.82) is 0 Å². The van der Waals surface area contributed by atoms with Crippen LogP contribution in [0.15, 0.2) is 30.9 Å². The van der Waals surface area contributed by atoms with Crippen LogP contribution in [0.4, 0.5) is 9.59 Å². The Hall–Kier alpha value is -3.53. The number of nitrogens with zero attached hydrogens (tertiary/aromatic N) is 2. The van der Waals surface area contributed by atoms with Gasteiger partial charge < -0.3 is 25.2 Å². The number of quaternary nitrogens is 1. The molecule has 1 aromatic carbocycles. The van der Waals surface area contributed by atoms with E-state index in [1.165, 1.54) is 16.5 Å². The van der Waals surface area contributed by atoms with Gasteiger partial charge in [-0.25, -0.2) is 14.4 Å². The molecule has 3 heterocycles. The van der Waals surface area contributed by atoms with Gasteiger partial charge in [0.05, 0.1) is 18.7 Å². The third kappa shape index (κ3) is 8.58. The van der Waals surface area contributed by atoms with Crippen LogP contribution in [0.2, 0.25) is 0 Å². The molecule has 292 valence electrons. The fraction of sp³-hybridized carbons (Fsp3) is 0.684. The zero-order chi connectivity index (χ0) is 38.5. The quantitative estimate of drug-likeness (QED) is 0.314. The Kier molecular flexibility index (Phi) is 10.8. The van der Waals surface area contributed by atoms with Crippen LogP contribution in [0.3, 0.4) is 0 Å². The molecule has 2 saturated carbocycles. The van der Waals surface area contributed by atoms with Gasteiger partial charge in [-0.1, -0.05) is 65.3 Å². The van der Waals surface area contributed by atoms with Crippen LogP contribution in [0, 0.1) is 16.7 Å². The molecular formula is C38H56N5O9S+. The van der Waals surface area contributed by atoms with E-state index in [-0.39, 0.29) is 31.4 Å². The lowest BCUT2D eigenvalue weighted by molar-refractivity contribution is -0.417. The maximum atomic E-state index is 14.3. The summed E-state index contributed by atoms with van der Waals surface area (Å²) in [5.41, 5.74) is 0.843. The van der Waals surface area contributed by atoms with Gasteiger partial charge in [-0.2, -0.15) is 13.1 Å². The monoisotopic (exact) mass is 758 g/mol. The predicted molar refractivity (Wildman–Crippen MR) is 194 cm³/mol. The summed E-state index contributed by atoms with van der Waals surface area (Å²) >= 11 is 0. The third-order valence-electron chi connectivity index (χ3n) is 11.5. The van der Waals surface area contributed by atoms with Gasteiger partial charge >= 0.3 is 28.1 Å². The van der Waals surface area contributed by atoms with E-state index in [2.05, 4.69) is 23.3 Å². The minimum atomic E-state index is -3.77. The van der Waals surface area contributed by atoms with Crippen molar-refractivity contribution in [2.75, 3.05) is 13.2 Å². The molecule has 7 unspecified atom stereocenters. The zero-order valence-corrected chi connectivity index (χ0v) is 32.4. The van der Waals surface area contributed by atoms with Crippen molar-refractivity contribution in [3.05, 3.63) is 47.5 Å². The molecule has 5 N–H and O–H groups in total. The number of aryl methyl sites for hydroxylation is 1. The van der Waals surface area contributed by atoms with E-state index < -0.39 is 80.6 Å². The van der Waals surface area contributed by atoms with Crippen molar-refractivity contribution in [3.8, 4) is 0 Å². The van der Waals surface area contributed by atoms with Crippen molar-refractivity contribution in [1.82, 2.24) is 20.4 Å². The van der Waals surface area contributed by atoms with Gasteiger partial charge in [0, 0.05) is 32.0 Å². The number of hydrogen-bond donors (Lipinski definition) is 4. The van der Waals surface area contributed by atoms with E-state index in [1.54, 1.807) is 4.90 Å². The highest BCUT2D eigenvalue weighted by atomic mass is 32.2. The molecule has 0 aromatic heterocycles. The number of nitrogens with one attached hydrogen (secondary N) is 2. The number of alkyl carbamates (subject to hydrolysis) is 1. The molecule has 5 aliphatic rings. The second-order valence-electron chi connectivity index (χ2n) is 17.5. The summed E-state index contributed by atoms with van der Waals surface area (Å²) in [6, 6.07) is 4.08. The Morgan fingerprint density at radius 2 is 1.85 bits per heavy atom. The molecule has 15 heteroatoms. The molecular weight excluding hydrogens is 703 g/mol. The maximum absolute atomic E-state index is 14.3. The number of primary amides is 1. The van der Waals surface area contributed by atoms with Crippen LogP contribution in [0.1, 0.15) is 96.3 Å². The average molecular weight is 759 g/mol. The van der Waals surface area contributed by atoms with Gasteiger partial charge in [0.2, 0.25) is 5.91 Å². The van der Waals surface area contributed by atoms with Gasteiger partial charge in [0.15, 0.2) is 5.54 Å². The molecule has 53 heavy (non-hydrogen) atoms. The Bertz CT molecular complexity index is 1740. The number of cyclic esters (lactones) is 1. The van der Waals surface area contributed by atoms with Crippen LogP contribution in [0.25, 0.3) is 0 Å². The largest absolute Gasteiger partial charge is 0.449 e. The van der Waals surface area contributed by atoms with Gasteiger partial charge in [0.1, 0.15) is 17.6 Å². The number of aliphatic hydroxyl groups excluding tert-OH is 1. The summed E-state index contributed by atoms with van der Waals surface area (Å²) in [6.45, 7) is 14.3. The lowest BCUT2D eigenvalue weighted by Crippen LogP contribution is -2.95. The minimum absolute atomic E-state index is 0.0106. The first-order valence-electron chi connectivity index (χ1n) is 18.8. The van der Waals surface area contributed by atoms with Gasteiger partial charge in [-0.15, -0.1) is 6.58 Å². The third-order valence-corrected chi connectivity index (χ3v) is 13.5. The highest BCUT2D eigenvalue weighted by Crippen LogP contribution is 2.45. The number of amides is 4. The SMILES string of the molecule is C=CC1CC1(NC(=O)C1CC2CN1C(O)C(C(C)(C)C)NC(=O)OCC(C)(C)CCCCc1cccc3c1CN(C3)C(=O)O2)C(=O)[NH2+]S(=O)(=O)C1CC1. The van der Waals surface area contributed by atoms with E-state index in [0.29, 0.717) is 25.9 Å². The lowest BCUT2D eigenvalue weighted by Gasteiger charge is -2.40. The van der Waals surface area contributed by atoms with Crippen molar-refractivity contribution >= 4 is 34.0 Å². The Morgan fingerprint density at radius 1 is 1.13 bits per heavy atom. The second kappa shape index (κ2) is 14.6.